The number of ether oxygens (including phenoxy) is 1. The van der Waals surface area contributed by atoms with Crippen molar-refractivity contribution in [1.29, 1.82) is 0 Å². The van der Waals surface area contributed by atoms with E-state index in [4.69, 9.17) is 9.84 Å². The molecule has 1 N–H and O–H groups in total. The summed E-state index contributed by atoms with van der Waals surface area (Å²) in [5.74, 6) is 0.764. The van der Waals surface area contributed by atoms with Gasteiger partial charge in [-0.2, -0.15) is 0 Å². The Morgan fingerprint density at radius 2 is 0.865 bits per heavy atom. The van der Waals surface area contributed by atoms with E-state index in [2.05, 4.69) is 143 Å². The third-order valence-electron chi connectivity index (χ3n) is 6.74. The van der Waals surface area contributed by atoms with Crippen molar-refractivity contribution in [2.24, 2.45) is 0 Å². The molecule has 0 heterocycles. The predicted octanol–water partition coefficient (Wildman–Crippen LogP) is 8.78. The van der Waals surface area contributed by atoms with Crippen LogP contribution in [0.4, 0.5) is 0 Å². The van der Waals surface area contributed by atoms with Crippen LogP contribution in [0.15, 0.2) is 121 Å². The standard InChI is InChI=1S/C30H30O.C4H6O2/c1-29(2,23-11-7-5-8-12-23)25-15-19-27(20-16-25)31-28-21-17-26(18-22-28)30(3,4)24-13-9-6-10-14-24;1-3(2)4(5)6/h5-22H,1-4H3;1H2,2H3,(H,5,6). The molecular formula is C34H36O3. The van der Waals surface area contributed by atoms with Crippen molar-refractivity contribution >= 4 is 5.97 Å². The van der Waals surface area contributed by atoms with Gasteiger partial charge in [0.2, 0.25) is 0 Å². The number of rotatable bonds is 7. The molecule has 0 radical (unpaired) electrons. The summed E-state index contributed by atoms with van der Waals surface area (Å²) in [4.78, 5) is 9.60. The zero-order chi connectivity index (χ0) is 27.1. The van der Waals surface area contributed by atoms with Gasteiger partial charge in [0.05, 0.1) is 0 Å². The molecule has 0 saturated carbocycles. The fourth-order valence-electron chi connectivity index (χ4n) is 4.06. The molecule has 0 fully saturated rings. The quantitative estimate of drug-likeness (QED) is 0.262. The van der Waals surface area contributed by atoms with E-state index in [9.17, 15) is 4.79 Å². The minimum Gasteiger partial charge on any atom is -0.478 e. The lowest BCUT2D eigenvalue weighted by molar-refractivity contribution is -0.132. The Morgan fingerprint density at radius 1 is 0.595 bits per heavy atom. The molecule has 3 nitrogen and oxygen atoms in total. The molecule has 0 aliphatic heterocycles. The number of hydrogen-bond acceptors (Lipinski definition) is 2. The number of carboxylic acids is 1. The van der Waals surface area contributed by atoms with Crippen molar-refractivity contribution in [2.75, 3.05) is 0 Å². The molecule has 4 aromatic carbocycles. The van der Waals surface area contributed by atoms with Crippen LogP contribution in [0, 0.1) is 0 Å². The van der Waals surface area contributed by atoms with E-state index in [-0.39, 0.29) is 16.4 Å². The number of carbonyl (C=O) groups is 1. The molecule has 0 amide bonds. The number of benzene rings is 4. The second-order valence-corrected chi connectivity index (χ2v) is 10.2. The summed E-state index contributed by atoms with van der Waals surface area (Å²) in [5, 5.41) is 7.89. The maximum absolute atomic E-state index is 9.60. The van der Waals surface area contributed by atoms with Crippen LogP contribution < -0.4 is 4.74 Å². The zero-order valence-electron chi connectivity index (χ0n) is 22.4. The molecule has 0 aliphatic carbocycles. The third kappa shape index (κ3) is 6.98. The fourth-order valence-corrected chi connectivity index (χ4v) is 4.06. The molecule has 4 rings (SSSR count). The van der Waals surface area contributed by atoms with Crippen molar-refractivity contribution in [2.45, 2.75) is 45.4 Å². The first kappa shape index (κ1) is 27.5. The van der Waals surface area contributed by atoms with Crippen molar-refractivity contribution in [3.05, 3.63) is 144 Å². The Morgan fingerprint density at radius 3 is 1.14 bits per heavy atom. The summed E-state index contributed by atoms with van der Waals surface area (Å²) >= 11 is 0. The van der Waals surface area contributed by atoms with Crippen molar-refractivity contribution < 1.29 is 14.6 Å². The second-order valence-electron chi connectivity index (χ2n) is 10.2. The fraction of sp³-hybridized carbons (Fsp3) is 0.206. The normalized spacial score (nSPS) is 11.2. The molecule has 37 heavy (non-hydrogen) atoms. The first-order chi connectivity index (χ1) is 17.5. The molecule has 0 spiro atoms. The molecule has 190 valence electrons. The van der Waals surface area contributed by atoms with Gasteiger partial charge < -0.3 is 9.84 Å². The van der Waals surface area contributed by atoms with Crippen LogP contribution in [0.5, 0.6) is 11.5 Å². The van der Waals surface area contributed by atoms with Gasteiger partial charge in [0.1, 0.15) is 11.5 Å². The summed E-state index contributed by atoms with van der Waals surface area (Å²) in [6.45, 7) is 13.6. The second kappa shape index (κ2) is 11.7. The zero-order valence-corrected chi connectivity index (χ0v) is 22.4. The van der Waals surface area contributed by atoms with Gasteiger partial charge in [-0.25, -0.2) is 4.79 Å². The summed E-state index contributed by atoms with van der Waals surface area (Å²) < 4.78 is 6.13. The minimum atomic E-state index is -0.935. The van der Waals surface area contributed by atoms with Gasteiger partial charge in [-0.15, -0.1) is 0 Å². The summed E-state index contributed by atoms with van der Waals surface area (Å²) in [5.41, 5.74) is 5.22. The van der Waals surface area contributed by atoms with Crippen LogP contribution in [0.25, 0.3) is 0 Å². The van der Waals surface area contributed by atoms with E-state index >= 15 is 0 Å². The highest BCUT2D eigenvalue weighted by molar-refractivity contribution is 5.84. The molecular weight excluding hydrogens is 456 g/mol. The molecule has 0 aliphatic rings. The van der Waals surface area contributed by atoms with Gasteiger partial charge in [0.25, 0.3) is 0 Å². The van der Waals surface area contributed by atoms with Gasteiger partial charge in [-0.05, 0) is 53.4 Å². The maximum atomic E-state index is 9.60. The van der Waals surface area contributed by atoms with Gasteiger partial charge in [-0.3, -0.25) is 0 Å². The summed E-state index contributed by atoms with van der Waals surface area (Å²) in [7, 11) is 0. The van der Waals surface area contributed by atoms with Crippen LogP contribution >= 0.6 is 0 Å². The minimum absolute atomic E-state index is 0.0511. The van der Waals surface area contributed by atoms with Crippen LogP contribution in [0.1, 0.15) is 56.9 Å². The molecule has 0 aromatic heterocycles. The Bertz CT molecular complexity index is 1200. The Kier molecular flexibility index (Phi) is 8.73. The first-order valence-electron chi connectivity index (χ1n) is 12.4. The van der Waals surface area contributed by atoms with Gasteiger partial charge in [0, 0.05) is 16.4 Å². The van der Waals surface area contributed by atoms with Crippen molar-refractivity contribution in [3.63, 3.8) is 0 Å². The highest BCUT2D eigenvalue weighted by Crippen LogP contribution is 2.35. The topological polar surface area (TPSA) is 46.5 Å². The van der Waals surface area contributed by atoms with E-state index in [1.54, 1.807) is 0 Å². The molecule has 3 heteroatoms. The lowest BCUT2D eigenvalue weighted by Crippen LogP contribution is -2.18. The first-order valence-corrected chi connectivity index (χ1v) is 12.4. The average molecular weight is 493 g/mol. The monoisotopic (exact) mass is 492 g/mol. The molecule has 0 bridgehead atoms. The van der Waals surface area contributed by atoms with E-state index in [1.165, 1.54) is 29.2 Å². The molecule has 0 unspecified atom stereocenters. The Labute approximate surface area is 221 Å². The van der Waals surface area contributed by atoms with E-state index in [0.717, 1.165) is 11.5 Å². The Balaban J connectivity index is 0.000000568. The van der Waals surface area contributed by atoms with E-state index in [1.807, 2.05) is 0 Å². The van der Waals surface area contributed by atoms with Crippen LogP contribution in [0.2, 0.25) is 0 Å². The summed E-state index contributed by atoms with van der Waals surface area (Å²) in [6, 6.07) is 38.1. The van der Waals surface area contributed by atoms with Crippen molar-refractivity contribution in [3.8, 4) is 11.5 Å². The maximum Gasteiger partial charge on any atom is 0.330 e. The van der Waals surface area contributed by atoms with Gasteiger partial charge in [-0.1, -0.05) is 119 Å². The molecule has 4 aromatic rings. The summed E-state index contributed by atoms with van der Waals surface area (Å²) in [6.07, 6.45) is 0. The predicted molar refractivity (Wildman–Crippen MR) is 153 cm³/mol. The highest BCUT2D eigenvalue weighted by atomic mass is 16.5. The highest BCUT2D eigenvalue weighted by Gasteiger charge is 2.24. The average Bonchev–Trinajstić information content (AvgIpc) is 2.90. The van der Waals surface area contributed by atoms with Gasteiger partial charge in [0.15, 0.2) is 0 Å². The molecule has 0 atom stereocenters. The SMILES string of the molecule is C=C(C)C(=O)O.CC(C)(c1ccccc1)c1ccc(Oc2ccc(C(C)(C)c3ccccc3)cc2)cc1. The number of aliphatic carboxylic acids is 1. The number of carboxylic acid groups (broad SMARTS) is 1. The van der Waals surface area contributed by atoms with Crippen LogP contribution in [0.3, 0.4) is 0 Å². The Hall–Kier alpha value is -4.11. The van der Waals surface area contributed by atoms with E-state index in [0.29, 0.717) is 0 Å². The third-order valence-corrected chi connectivity index (χ3v) is 6.74. The largest absolute Gasteiger partial charge is 0.478 e. The van der Waals surface area contributed by atoms with Crippen LogP contribution in [-0.2, 0) is 15.6 Å². The van der Waals surface area contributed by atoms with E-state index < -0.39 is 5.97 Å². The lowest BCUT2D eigenvalue weighted by Gasteiger charge is -2.26. The molecule has 0 saturated heterocycles. The lowest BCUT2D eigenvalue weighted by atomic mass is 9.78. The number of hydrogen-bond donors (Lipinski definition) is 1. The van der Waals surface area contributed by atoms with Gasteiger partial charge >= 0.3 is 5.97 Å². The smallest absolute Gasteiger partial charge is 0.330 e. The van der Waals surface area contributed by atoms with Crippen LogP contribution in [-0.4, -0.2) is 11.1 Å². The van der Waals surface area contributed by atoms with Crippen molar-refractivity contribution in [1.82, 2.24) is 0 Å².